The van der Waals surface area contributed by atoms with Gasteiger partial charge in [-0.2, -0.15) is 0 Å². The third-order valence-corrected chi connectivity index (χ3v) is 4.59. The van der Waals surface area contributed by atoms with E-state index in [1.54, 1.807) is 52.0 Å². The molecule has 8 nitrogen and oxygen atoms in total. The van der Waals surface area contributed by atoms with Crippen LogP contribution in [-0.2, 0) is 20.7 Å². The molecule has 31 heavy (non-hydrogen) atoms. The molecule has 2 N–H and O–H groups in total. The van der Waals surface area contributed by atoms with Gasteiger partial charge in [0, 0.05) is 24.7 Å². The molecule has 2 aromatic rings. The maximum atomic E-state index is 12.4. The molecular formula is C23H28N2O6. The Morgan fingerprint density at radius 1 is 1.03 bits per heavy atom. The molecule has 0 unspecified atom stereocenters. The number of ether oxygens (including phenoxy) is 2. The highest BCUT2D eigenvalue weighted by atomic mass is 16.5. The number of nitrogens with one attached hydrogen (secondary N) is 2. The maximum Gasteiger partial charge on any atom is 0.355 e. The van der Waals surface area contributed by atoms with E-state index in [4.69, 9.17) is 9.47 Å². The van der Waals surface area contributed by atoms with Crippen LogP contribution in [0.3, 0.4) is 0 Å². The number of aromatic amines is 1. The SMILES string of the molecule is CC(=O)NCCc1ccc(C(=O)COC(=O)c2[nH]c(C)c(C(=O)OC(C)C)c2C)cc1. The molecule has 0 aliphatic carbocycles. The topological polar surface area (TPSA) is 115 Å². The number of aryl methyl sites for hydroxylation is 1. The van der Waals surface area contributed by atoms with Gasteiger partial charge < -0.3 is 19.8 Å². The summed E-state index contributed by atoms with van der Waals surface area (Å²) in [5.41, 5.74) is 2.72. The number of Topliss-reactive ketones (excluding diaryl/α,β-unsaturated/α-hetero) is 1. The van der Waals surface area contributed by atoms with Crippen molar-refractivity contribution in [3.05, 3.63) is 57.9 Å². The lowest BCUT2D eigenvalue weighted by Gasteiger charge is -2.08. The van der Waals surface area contributed by atoms with E-state index >= 15 is 0 Å². The molecule has 1 amide bonds. The van der Waals surface area contributed by atoms with Crippen LogP contribution < -0.4 is 5.32 Å². The summed E-state index contributed by atoms with van der Waals surface area (Å²) < 4.78 is 10.4. The molecule has 1 heterocycles. The summed E-state index contributed by atoms with van der Waals surface area (Å²) in [6.07, 6.45) is 0.363. The normalized spacial score (nSPS) is 10.6. The first-order valence-electron chi connectivity index (χ1n) is 10.0. The van der Waals surface area contributed by atoms with Gasteiger partial charge >= 0.3 is 11.9 Å². The number of rotatable bonds is 9. The van der Waals surface area contributed by atoms with E-state index in [-0.39, 0.29) is 23.5 Å². The first kappa shape index (κ1) is 23.9. The lowest BCUT2D eigenvalue weighted by molar-refractivity contribution is -0.118. The van der Waals surface area contributed by atoms with Crippen molar-refractivity contribution in [2.75, 3.05) is 13.2 Å². The maximum absolute atomic E-state index is 12.4. The van der Waals surface area contributed by atoms with E-state index in [1.165, 1.54) is 6.92 Å². The van der Waals surface area contributed by atoms with Crippen molar-refractivity contribution in [2.45, 2.75) is 47.1 Å². The molecule has 0 fully saturated rings. The Morgan fingerprint density at radius 3 is 2.26 bits per heavy atom. The Kier molecular flexibility index (Phi) is 8.13. The summed E-state index contributed by atoms with van der Waals surface area (Å²) in [5, 5.41) is 2.71. The van der Waals surface area contributed by atoms with Gasteiger partial charge in [0.05, 0.1) is 11.7 Å². The van der Waals surface area contributed by atoms with Gasteiger partial charge in [0.1, 0.15) is 5.69 Å². The quantitative estimate of drug-likeness (QED) is 0.469. The Morgan fingerprint density at radius 2 is 1.68 bits per heavy atom. The van der Waals surface area contributed by atoms with Crippen molar-refractivity contribution in [1.29, 1.82) is 0 Å². The van der Waals surface area contributed by atoms with E-state index in [0.29, 0.717) is 35.3 Å². The zero-order valence-electron chi connectivity index (χ0n) is 18.5. The van der Waals surface area contributed by atoms with Crippen molar-refractivity contribution in [3.63, 3.8) is 0 Å². The third-order valence-electron chi connectivity index (χ3n) is 4.59. The van der Waals surface area contributed by atoms with E-state index in [0.717, 1.165) is 5.56 Å². The smallest absolute Gasteiger partial charge is 0.355 e. The fourth-order valence-corrected chi connectivity index (χ4v) is 3.06. The Hall–Kier alpha value is -3.42. The second-order valence-electron chi connectivity index (χ2n) is 7.51. The van der Waals surface area contributed by atoms with Crippen LogP contribution in [0, 0.1) is 13.8 Å². The highest BCUT2D eigenvalue weighted by Gasteiger charge is 2.25. The van der Waals surface area contributed by atoms with Gasteiger partial charge in [-0.1, -0.05) is 24.3 Å². The van der Waals surface area contributed by atoms with Gasteiger partial charge in [0.15, 0.2) is 12.4 Å². The second-order valence-corrected chi connectivity index (χ2v) is 7.51. The van der Waals surface area contributed by atoms with Crippen LogP contribution in [0.4, 0.5) is 0 Å². The number of H-pyrrole nitrogens is 1. The van der Waals surface area contributed by atoms with Crippen molar-refractivity contribution in [2.24, 2.45) is 0 Å². The van der Waals surface area contributed by atoms with Crippen molar-refractivity contribution >= 4 is 23.6 Å². The minimum absolute atomic E-state index is 0.0925. The van der Waals surface area contributed by atoms with Crippen LogP contribution in [-0.4, -0.2) is 47.9 Å². The Balaban J connectivity index is 1.97. The number of aromatic nitrogens is 1. The Bertz CT molecular complexity index is 973. The minimum Gasteiger partial charge on any atom is -0.459 e. The fourth-order valence-electron chi connectivity index (χ4n) is 3.06. The van der Waals surface area contributed by atoms with Gasteiger partial charge in [0.2, 0.25) is 5.91 Å². The molecule has 0 aliphatic heterocycles. The molecule has 0 bridgehead atoms. The number of hydrogen-bond donors (Lipinski definition) is 2. The summed E-state index contributed by atoms with van der Waals surface area (Å²) in [4.78, 5) is 50.8. The van der Waals surface area contributed by atoms with Gasteiger partial charge in [0.25, 0.3) is 0 Å². The number of esters is 2. The predicted octanol–water partition coefficient (Wildman–Crippen LogP) is 2.92. The summed E-state index contributed by atoms with van der Waals surface area (Å²) in [7, 11) is 0. The monoisotopic (exact) mass is 428 g/mol. The molecule has 0 spiro atoms. The van der Waals surface area contributed by atoms with E-state index in [2.05, 4.69) is 10.3 Å². The number of hydrogen-bond acceptors (Lipinski definition) is 6. The average Bonchev–Trinajstić information content (AvgIpc) is 2.99. The van der Waals surface area contributed by atoms with E-state index < -0.39 is 18.5 Å². The van der Waals surface area contributed by atoms with Crippen LogP contribution in [0.15, 0.2) is 24.3 Å². The summed E-state index contributed by atoms with van der Waals surface area (Å²) in [5.74, 6) is -1.67. The van der Waals surface area contributed by atoms with Crippen LogP contribution >= 0.6 is 0 Å². The molecule has 0 radical (unpaired) electrons. The number of benzene rings is 1. The highest BCUT2D eigenvalue weighted by molar-refractivity contribution is 6.01. The summed E-state index contributed by atoms with van der Waals surface area (Å²) in [6, 6.07) is 6.90. The van der Waals surface area contributed by atoms with E-state index in [1.807, 2.05) is 0 Å². The minimum atomic E-state index is -0.718. The standard InChI is InChI=1S/C23H28N2O6/c1-13(2)31-22(28)20-14(3)21(25-15(20)4)23(29)30-12-19(27)18-8-6-17(7-9-18)10-11-24-16(5)26/h6-9,13,25H,10-12H2,1-5H3,(H,24,26). The molecule has 0 atom stereocenters. The first-order valence-corrected chi connectivity index (χ1v) is 10.0. The van der Waals surface area contributed by atoms with Crippen LogP contribution in [0.1, 0.15) is 68.8 Å². The lowest BCUT2D eigenvalue weighted by atomic mass is 10.1. The molecular weight excluding hydrogens is 400 g/mol. The largest absolute Gasteiger partial charge is 0.459 e. The van der Waals surface area contributed by atoms with Gasteiger partial charge in [-0.15, -0.1) is 0 Å². The number of amides is 1. The zero-order valence-corrected chi connectivity index (χ0v) is 18.5. The molecule has 0 saturated carbocycles. The molecule has 1 aromatic carbocycles. The van der Waals surface area contributed by atoms with Gasteiger partial charge in [-0.05, 0) is 45.2 Å². The van der Waals surface area contributed by atoms with Crippen LogP contribution in [0.2, 0.25) is 0 Å². The first-order chi connectivity index (χ1) is 14.6. The van der Waals surface area contributed by atoms with Crippen molar-refractivity contribution in [1.82, 2.24) is 10.3 Å². The molecule has 8 heteroatoms. The van der Waals surface area contributed by atoms with Crippen LogP contribution in [0.5, 0.6) is 0 Å². The highest BCUT2D eigenvalue weighted by Crippen LogP contribution is 2.20. The number of ketones is 1. The van der Waals surface area contributed by atoms with E-state index in [9.17, 15) is 19.2 Å². The zero-order chi connectivity index (χ0) is 23.1. The van der Waals surface area contributed by atoms with Crippen LogP contribution in [0.25, 0.3) is 0 Å². The molecule has 0 aliphatic rings. The Labute approximate surface area is 181 Å². The van der Waals surface area contributed by atoms with Gasteiger partial charge in [-0.25, -0.2) is 9.59 Å². The third kappa shape index (κ3) is 6.53. The fraction of sp³-hybridized carbons (Fsp3) is 0.391. The second kappa shape index (κ2) is 10.6. The van der Waals surface area contributed by atoms with Crippen molar-refractivity contribution in [3.8, 4) is 0 Å². The molecule has 2 rings (SSSR count). The summed E-state index contributed by atoms with van der Waals surface area (Å²) >= 11 is 0. The predicted molar refractivity (Wildman–Crippen MR) is 114 cm³/mol. The average molecular weight is 428 g/mol. The number of carbonyl (C=O) groups excluding carboxylic acids is 4. The van der Waals surface area contributed by atoms with Crippen molar-refractivity contribution < 1.29 is 28.7 Å². The summed E-state index contributed by atoms with van der Waals surface area (Å²) in [6.45, 7) is 8.32. The number of carbonyl (C=O) groups is 4. The van der Waals surface area contributed by atoms with Gasteiger partial charge in [-0.3, -0.25) is 9.59 Å². The molecule has 166 valence electrons. The molecule has 1 aromatic heterocycles. The molecule has 0 saturated heterocycles. The lowest BCUT2D eigenvalue weighted by Crippen LogP contribution is -2.22.